The molecule has 1 aliphatic rings. The molecule has 0 aliphatic heterocycles. The lowest BCUT2D eigenvalue weighted by Gasteiger charge is -2.14. The van der Waals surface area contributed by atoms with Crippen LogP contribution in [0.25, 0.3) is 6.08 Å². The van der Waals surface area contributed by atoms with Gasteiger partial charge < -0.3 is 10.6 Å². The molecule has 3 aromatic carbocycles. The number of carbonyl (C=O) groups excluding carboxylic acids is 1. The standard InChI is InChI=1S/C24H17Br3N2O/c25-16-3-1-15(2-4-16)13-21-22(28-19-9-5-17(26)6-10-19)14-23(24(21)30)29-20-11-7-18(27)8-12-20/h1-14,22,28-29H. The van der Waals surface area contributed by atoms with Gasteiger partial charge in [0.25, 0.3) is 0 Å². The van der Waals surface area contributed by atoms with Crippen molar-refractivity contribution in [2.45, 2.75) is 6.04 Å². The van der Waals surface area contributed by atoms with Crippen LogP contribution in [0.1, 0.15) is 5.56 Å². The van der Waals surface area contributed by atoms with Crippen LogP contribution in [0.2, 0.25) is 0 Å². The molecule has 3 nitrogen and oxygen atoms in total. The third kappa shape index (κ3) is 5.12. The van der Waals surface area contributed by atoms with E-state index in [0.29, 0.717) is 11.3 Å². The predicted molar refractivity (Wildman–Crippen MR) is 135 cm³/mol. The molecule has 1 atom stereocenters. The summed E-state index contributed by atoms with van der Waals surface area (Å²) in [7, 11) is 0. The number of hydrogen-bond donors (Lipinski definition) is 2. The molecular weight excluding hydrogens is 572 g/mol. The highest BCUT2D eigenvalue weighted by molar-refractivity contribution is 9.11. The highest BCUT2D eigenvalue weighted by atomic mass is 79.9. The first-order valence-electron chi connectivity index (χ1n) is 9.26. The van der Waals surface area contributed by atoms with Crippen LogP contribution in [0, 0.1) is 0 Å². The van der Waals surface area contributed by atoms with Crippen molar-refractivity contribution in [1.29, 1.82) is 0 Å². The molecule has 1 aliphatic carbocycles. The lowest BCUT2D eigenvalue weighted by molar-refractivity contribution is -0.111. The molecule has 0 heterocycles. The van der Waals surface area contributed by atoms with E-state index in [4.69, 9.17) is 0 Å². The first kappa shape index (κ1) is 21.1. The summed E-state index contributed by atoms with van der Waals surface area (Å²) in [4.78, 5) is 13.2. The Balaban J connectivity index is 1.65. The van der Waals surface area contributed by atoms with Gasteiger partial charge in [0.1, 0.15) is 0 Å². The van der Waals surface area contributed by atoms with E-state index in [-0.39, 0.29) is 11.8 Å². The van der Waals surface area contributed by atoms with Crippen LogP contribution in [0.15, 0.2) is 104 Å². The predicted octanol–water partition coefficient (Wildman–Crippen LogP) is 7.42. The van der Waals surface area contributed by atoms with E-state index >= 15 is 0 Å². The quantitative estimate of drug-likeness (QED) is 0.305. The normalized spacial score (nSPS) is 17.2. The van der Waals surface area contributed by atoms with Crippen molar-refractivity contribution in [1.82, 2.24) is 0 Å². The Kier molecular flexibility index (Phi) is 6.56. The number of Topliss-reactive ketones (excluding diaryl/α,β-unsaturated/α-hetero) is 1. The van der Waals surface area contributed by atoms with Crippen LogP contribution < -0.4 is 10.6 Å². The lowest BCUT2D eigenvalue weighted by atomic mass is 10.0. The number of ketones is 1. The molecule has 0 radical (unpaired) electrons. The van der Waals surface area contributed by atoms with Crippen molar-refractivity contribution in [2.24, 2.45) is 0 Å². The van der Waals surface area contributed by atoms with E-state index in [9.17, 15) is 4.79 Å². The van der Waals surface area contributed by atoms with E-state index in [1.165, 1.54) is 0 Å². The fourth-order valence-corrected chi connectivity index (χ4v) is 3.95. The van der Waals surface area contributed by atoms with Crippen LogP contribution in [0.4, 0.5) is 11.4 Å². The molecule has 3 aromatic rings. The zero-order valence-corrected chi connectivity index (χ0v) is 20.5. The monoisotopic (exact) mass is 586 g/mol. The molecule has 0 saturated heterocycles. The number of halogens is 3. The van der Waals surface area contributed by atoms with E-state index in [1.807, 2.05) is 84.9 Å². The Morgan fingerprint density at radius 2 is 1.20 bits per heavy atom. The SMILES string of the molecule is O=C1C(Nc2ccc(Br)cc2)=CC(Nc2ccc(Br)cc2)C1=Cc1ccc(Br)cc1. The summed E-state index contributed by atoms with van der Waals surface area (Å²) >= 11 is 10.4. The molecule has 0 spiro atoms. The van der Waals surface area contributed by atoms with Crippen molar-refractivity contribution < 1.29 is 4.79 Å². The topological polar surface area (TPSA) is 41.1 Å². The first-order chi connectivity index (χ1) is 14.5. The second-order valence-electron chi connectivity index (χ2n) is 6.82. The average Bonchev–Trinajstić information content (AvgIpc) is 3.02. The van der Waals surface area contributed by atoms with Crippen LogP contribution >= 0.6 is 47.8 Å². The number of anilines is 2. The zero-order valence-electron chi connectivity index (χ0n) is 15.7. The number of hydrogen-bond acceptors (Lipinski definition) is 3. The van der Waals surface area contributed by atoms with E-state index in [2.05, 4.69) is 58.4 Å². The van der Waals surface area contributed by atoms with Crippen molar-refractivity contribution in [3.63, 3.8) is 0 Å². The van der Waals surface area contributed by atoms with Crippen molar-refractivity contribution >= 4 is 71.0 Å². The molecule has 0 fully saturated rings. The summed E-state index contributed by atoms with van der Waals surface area (Å²) in [5.41, 5.74) is 4.04. The number of benzene rings is 3. The van der Waals surface area contributed by atoms with Gasteiger partial charge in [-0.05, 0) is 78.4 Å². The second kappa shape index (κ2) is 9.33. The fourth-order valence-electron chi connectivity index (χ4n) is 3.16. The van der Waals surface area contributed by atoms with E-state index < -0.39 is 0 Å². The number of rotatable bonds is 5. The van der Waals surface area contributed by atoms with Gasteiger partial charge in [-0.15, -0.1) is 0 Å². The van der Waals surface area contributed by atoms with Gasteiger partial charge in [-0.3, -0.25) is 4.79 Å². The number of allylic oxidation sites excluding steroid dienone is 1. The molecule has 0 saturated carbocycles. The lowest BCUT2D eigenvalue weighted by Crippen LogP contribution is -2.19. The number of carbonyl (C=O) groups is 1. The van der Waals surface area contributed by atoms with Crippen molar-refractivity contribution in [2.75, 3.05) is 10.6 Å². The second-order valence-corrected chi connectivity index (χ2v) is 9.57. The molecule has 0 aromatic heterocycles. The molecule has 150 valence electrons. The average molecular weight is 589 g/mol. The Morgan fingerprint density at radius 3 is 1.77 bits per heavy atom. The molecule has 0 bridgehead atoms. The maximum Gasteiger partial charge on any atom is 0.207 e. The van der Waals surface area contributed by atoms with Crippen LogP contribution in [0.3, 0.4) is 0 Å². The highest BCUT2D eigenvalue weighted by Gasteiger charge is 2.30. The van der Waals surface area contributed by atoms with Gasteiger partial charge in [0.15, 0.2) is 0 Å². The maximum absolute atomic E-state index is 13.2. The number of nitrogens with one attached hydrogen (secondary N) is 2. The molecule has 30 heavy (non-hydrogen) atoms. The smallest absolute Gasteiger partial charge is 0.207 e. The Bertz CT molecular complexity index is 1120. The van der Waals surface area contributed by atoms with Crippen molar-refractivity contribution in [3.8, 4) is 0 Å². The minimum absolute atomic E-state index is 0.0181. The molecule has 6 heteroatoms. The maximum atomic E-state index is 13.2. The summed E-state index contributed by atoms with van der Waals surface area (Å²) in [5.74, 6) is -0.0181. The largest absolute Gasteiger partial charge is 0.374 e. The van der Waals surface area contributed by atoms with Crippen LogP contribution in [-0.2, 0) is 4.79 Å². The van der Waals surface area contributed by atoms with Gasteiger partial charge in [-0.1, -0.05) is 59.9 Å². The summed E-state index contributed by atoms with van der Waals surface area (Å²) in [6, 6.07) is 23.4. The molecule has 1 unspecified atom stereocenters. The van der Waals surface area contributed by atoms with E-state index in [1.54, 1.807) is 0 Å². The fraction of sp³-hybridized carbons (Fsp3) is 0.0417. The minimum atomic E-state index is -0.236. The first-order valence-corrected chi connectivity index (χ1v) is 11.6. The van der Waals surface area contributed by atoms with Gasteiger partial charge in [0.05, 0.1) is 11.7 Å². The summed E-state index contributed by atoms with van der Waals surface area (Å²) in [6.45, 7) is 0. The Labute approximate surface area is 200 Å². The van der Waals surface area contributed by atoms with Crippen LogP contribution in [-0.4, -0.2) is 11.8 Å². The molecule has 0 amide bonds. The molecular formula is C24H17Br3N2O. The van der Waals surface area contributed by atoms with Gasteiger partial charge in [0.2, 0.25) is 5.78 Å². The third-order valence-electron chi connectivity index (χ3n) is 4.66. The molecule has 4 rings (SSSR count). The minimum Gasteiger partial charge on any atom is -0.374 e. The molecule has 2 N–H and O–H groups in total. The Morgan fingerprint density at radius 1 is 0.700 bits per heavy atom. The Hall–Kier alpha value is -2.15. The van der Waals surface area contributed by atoms with Crippen LogP contribution in [0.5, 0.6) is 0 Å². The van der Waals surface area contributed by atoms with Gasteiger partial charge >= 0.3 is 0 Å². The van der Waals surface area contributed by atoms with Gasteiger partial charge in [-0.25, -0.2) is 0 Å². The summed E-state index contributed by atoms with van der Waals surface area (Å²) < 4.78 is 3.00. The third-order valence-corrected chi connectivity index (χ3v) is 6.24. The summed E-state index contributed by atoms with van der Waals surface area (Å²) in [6.07, 6.45) is 3.88. The van der Waals surface area contributed by atoms with Gasteiger partial charge in [-0.2, -0.15) is 0 Å². The van der Waals surface area contributed by atoms with Gasteiger partial charge in [0, 0.05) is 30.4 Å². The zero-order chi connectivity index (χ0) is 21.1. The van der Waals surface area contributed by atoms with Crippen molar-refractivity contribution in [3.05, 3.63) is 109 Å². The highest BCUT2D eigenvalue weighted by Crippen LogP contribution is 2.29. The summed E-state index contributed by atoms with van der Waals surface area (Å²) in [5, 5.41) is 6.72. The van der Waals surface area contributed by atoms with E-state index in [0.717, 1.165) is 30.4 Å².